The van der Waals surface area contributed by atoms with Gasteiger partial charge in [0.1, 0.15) is 5.82 Å². The Kier molecular flexibility index (Phi) is 4.35. The van der Waals surface area contributed by atoms with Crippen molar-refractivity contribution in [3.05, 3.63) is 22.3 Å². The zero-order valence-corrected chi connectivity index (χ0v) is 11.8. The molecule has 1 aromatic heterocycles. The smallest absolute Gasteiger partial charge is 0.356 e. The lowest BCUT2D eigenvalue weighted by Crippen LogP contribution is -2.37. The van der Waals surface area contributed by atoms with Gasteiger partial charge in [-0.1, -0.05) is 0 Å². The van der Waals surface area contributed by atoms with Gasteiger partial charge < -0.3 is 10.6 Å². The van der Waals surface area contributed by atoms with Crippen molar-refractivity contribution in [1.82, 2.24) is 4.98 Å². The lowest BCUT2D eigenvalue weighted by molar-refractivity contribution is -0.137. The second kappa shape index (κ2) is 5.66. The van der Waals surface area contributed by atoms with Crippen molar-refractivity contribution in [2.24, 2.45) is 11.7 Å². The molecule has 1 fully saturated rings. The second-order valence-corrected chi connectivity index (χ2v) is 5.60. The molecule has 1 aliphatic heterocycles. The number of nitrogens with zero attached hydrogens (tertiary/aromatic N) is 2. The molecule has 1 aromatic rings. The van der Waals surface area contributed by atoms with Crippen LogP contribution in [0.2, 0.25) is 0 Å². The van der Waals surface area contributed by atoms with Crippen LogP contribution in [0, 0.1) is 5.92 Å². The van der Waals surface area contributed by atoms with E-state index in [0.29, 0.717) is 30.0 Å². The highest BCUT2D eigenvalue weighted by Gasteiger charge is 2.36. The number of anilines is 1. The molecule has 0 radical (unpaired) electrons. The van der Waals surface area contributed by atoms with Crippen molar-refractivity contribution in [1.29, 1.82) is 0 Å². The van der Waals surface area contributed by atoms with Gasteiger partial charge in [0.15, 0.2) is 0 Å². The summed E-state index contributed by atoms with van der Waals surface area (Å²) in [4.78, 5) is 5.64. The molecule has 0 unspecified atom stereocenters. The highest BCUT2D eigenvalue weighted by atomic mass is 79.9. The molecule has 0 saturated carbocycles. The predicted molar refractivity (Wildman–Crippen MR) is 70.9 cm³/mol. The van der Waals surface area contributed by atoms with Crippen LogP contribution in [0.1, 0.15) is 18.4 Å². The average molecular weight is 338 g/mol. The van der Waals surface area contributed by atoms with E-state index in [-0.39, 0.29) is 5.82 Å². The van der Waals surface area contributed by atoms with Crippen LogP contribution in [-0.4, -0.2) is 24.6 Å². The fourth-order valence-corrected chi connectivity index (χ4v) is 2.60. The molecule has 0 atom stereocenters. The Morgan fingerprint density at radius 1 is 1.37 bits per heavy atom. The number of rotatable bonds is 2. The number of hydrogen-bond donors (Lipinski definition) is 1. The molecule has 0 bridgehead atoms. The molecule has 2 N–H and O–H groups in total. The highest BCUT2D eigenvalue weighted by Crippen LogP contribution is 2.37. The summed E-state index contributed by atoms with van der Waals surface area (Å²) in [6, 6.07) is 1.08. The van der Waals surface area contributed by atoms with Crippen LogP contribution in [0.4, 0.5) is 19.0 Å². The van der Waals surface area contributed by atoms with Crippen molar-refractivity contribution < 1.29 is 13.2 Å². The topological polar surface area (TPSA) is 42.1 Å². The third kappa shape index (κ3) is 3.39. The Morgan fingerprint density at radius 3 is 2.53 bits per heavy atom. The summed E-state index contributed by atoms with van der Waals surface area (Å²) in [5, 5.41) is 0. The van der Waals surface area contributed by atoms with Crippen molar-refractivity contribution in [3.8, 4) is 0 Å². The number of pyridine rings is 1. The number of nitrogens with two attached hydrogens (primary N) is 1. The first-order chi connectivity index (χ1) is 8.91. The minimum absolute atomic E-state index is 0.0196. The van der Waals surface area contributed by atoms with Crippen molar-refractivity contribution in [2.45, 2.75) is 19.0 Å². The largest absolute Gasteiger partial charge is 0.419 e. The van der Waals surface area contributed by atoms with E-state index < -0.39 is 11.7 Å². The Hall–Kier alpha value is -0.820. The van der Waals surface area contributed by atoms with Crippen LogP contribution < -0.4 is 10.6 Å². The molecule has 0 spiro atoms. The molecule has 0 amide bonds. The van der Waals surface area contributed by atoms with Gasteiger partial charge in [-0.2, -0.15) is 13.2 Å². The first-order valence-electron chi connectivity index (χ1n) is 6.09. The van der Waals surface area contributed by atoms with Crippen LogP contribution in [0.5, 0.6) is 0 Å². The molecule has 2 rings (SSSR count). The lowest BCUT2D eigenvalue weighted by atomic mass is 9.97. The van der Waals surface area contributed by atoms with Gasteiger partial charge in [-0.3, -0.25) is 0 Å². The molecule has 3 nitrogen and oxygen atoms in total. The number of alkyl halides is 3. The quantitative estimate of drug-likeness (QED) is 0.901. The highest BCUT2D eigenvalue weighted by molar-refractivity contribution is 9.10. The van der Waals surface area contributed by atoms with Crippen molar-refractivity contribution in [3.63, 3.8) is 0 Å². The molecule has 7 heteroatoms. The SMILES string of the molecule is NCC1CCN(c2ncc(Br)cc2C(F)(F)F)CC1. The van der Waals surface area contributed by atoms with Crippen LogP contribution >= 0.6 is 15.9 Å². The molecular formula is C12H15BrF3N3. The number of piperidine rings is 1. The minimum atomic E-state index is -4.39. The van der Waals surface area contributed by atoms with Gasteiger partial charge in [0.25, 0.3) is 0 Å². The van der Waals surface area contributed by atoms with Gasteiger partial charge in [0.2, 0.25) is 0 Å². The molecule has 2 heterocycles. The predicted octanol–water partition coefficient (Wildman–Crippen LogP) is 3.04. The van der Waals surface area contributed by atoms with Crippen LogP contribution in [0.3, 0.4) is 0 Å². The zero-order chi connectivity index (χ0) is 14.0. The second-order valence-electron chi connectivity index (χ2n) is 4.69. The van der Waals surface area contributed by atoms with Gasteiger partial charge in [0, 0.05) is 23.8 Å². The summed E-state index contributed by atoms with van der Waals surface area (Å²) in [6.07, 6.45) is -1.37. The summed E-state index contributed by atoms with van der Waals surface area (Å²) in [5.74, 6) is 0.423. The third-order valence-corrected chi connectivity index (χ3v) is 3.82. The first-order valence-corrected chi connectivity index (χ1v) is 6.89. The van der Waals surface area contributed by atoms with E-state index in [9.17, 15) is 13.2 Å². The van der Waals surface area contributed by atoms with E-state index in [1.54, 1.807) is 4.90 Å². The summed E-state index contributed by atoms with van der Waals surface area (Å²) < 4.78 is 39.4. The maximum absolute atomic E-state index is 13.0. The number of aromatic nitrogens is 1. The molecular weight excluding hydrogens is 323 g/mol. The van der Waals surface area contributed by atoms with Crippen molar-refractivity contribution >= 4 is 21.7 Å². The van der Waals surface area contributed by atoms with Gasteiger partial charge in [-0.05, 0) is 47.3 Å². The number of halogens is 4. The summed E-state index contributed by atoms with van der Waals surface area (Å²) in [6.45, 7) is 1.73. The van der Waals surface area contributed by atoms with Crippen molar-refractivity contribution in [2.75, 3.05) is 24.5 Å². The van der Waals surface area contributed by atoms with E-state index in [4.69, 9.17) is 5.73 Å². The van der Waals surface area contributed by atoms with Crippen LogP contribution in [0.25, 0.3) is 0 Å². The minimum Gasteiger partial charge on any atom is -0.356 e. The standard InChI is InChI=1S/C12H15BrF3N3/c13-9-5-10(12(14,15)16)11(18-7-9)19-3-1-8(6-17)2-4-19/h5,7-8H,1-4,6,17H2. The lowest BCUT2D eigenvalue weighted by Gasteiger charge is -2.33. The van der Waals surface area contributed by atoms with Gasteiger partial charge in [-0.25, -0.2) is 4.98 Å². The first kappa shape index (κ1) is 14.6. The van der Waals surface area contributed by atoms with E-state index in [2.05, 4.69) is 20.9 Å². The summed E-state index contributed by atoms with van der Waals surface area (Å²) in [5.41, 5.74) is 4.90. The molecule has 1 aliphatic rings. The Bertz CT molecular complexity index is 442. The normalized spacial score (nSPS) is 17.8. The van der Waals surface area contributed by atoms with Crippen LogP contribution in [0.15, 0.2) is 16.7 Å². The van der Waals surface area contributed by atoms with E-state index >= 15 is 0 Å². The average Bonchev–Trinajstić information content (AvgIpc) is 2.38. The van der Waals surface area contributed by atoms with Gasteiger partial charge in [0.05, 0.1) is 5.56 Å². The molecule has 19 heavy (non-hydrogen) atoms. The van der Waals surface area contributed by atoms with Gasteiger partial charge >= 0.3 is 6.18 Å². The van der Waals surface area contributed by atoms with E-state index in [0.717, 1.165) is 18.9 Å². The Morgan fingerprint density at radius 2 is 2.00 bits per heavy atom. The maximum atomic E-state index is 13.0. The van der Waals surface area contributed by atoms with E-state index in [1.165, 1.54) is 6.20 Å². The van der Waals surface area contributed by atoms with E-state index in [1.807, 2.05) is 0 Å². The Labute approximate surface area is 118 Å². The summed E-state index contributed by atoms with van der Waals surface area (Å²) in [7, 11) is 0. The molecule has 0 aromatic carbocycles. The molecule has 0 aliphatic carbocycles. The van der Waals surface area contributed by atoms with Gasteiger partial charge in [-0.15, -0.1) is 0 Å². The molecule has 1 saturated heterocycles. The third-order valence-electron chi connectivity index (χ3n) is 3.39. The fourth-order valence-electron chi connectivity index (χ4n) is 2.27. The van der Waals surface area contributed by atoms with Crippen LogP contribution in [-0.2, 0) is 6.18 Å². The Balaban J connectivity index is 2.25. The maximum Gasteiger partial charge on any atom is 0.419 e. The number of hydrogen-bond acceptors (Lipinski definition) is 3. The summed E-state index contributed by atoms with van der Waals surface area (Å²) >= 11 is 3.04. The molecule has 106 valence electrons. The fraction of sp³-hybridized carbons (Fsp3) is 0.583. The zero-order valence-electron chi connectivity index (χ0n) is 10.3. The monoisotopic (exact) mass is 337 g/mol.